The molecular formula is C27H30N8OS. The summed E-state index contributed by atoms with van der Waals surface area (Å²) in [5.41, 5.74) is 2.15. The highest BCUT2D eigenvalue weighted by Crippen LogP contribution is 2.35. The zero-order chi connectivity index (χ0) is 25.0. The summed E-state index contributed by atoms with van der Waals surface area (Å²) in [5, 5.41) is 13.9. The van der Waals surface area contributed by atoms with Crippen LogP contribution >= 0.6 is 11.8 Å². The monoisotopic (exact) mass is 514 g/mol. The Morgan fingerprint density at radius 3 is 2.46 bits per heavy atom. The number of rotatable bonds is 5. The van der Waals surface area contributed by atoms with Gasteiger partial charge in [-0.1, -0.05) is 49.6 Å². The standard InChI is InChI=1S/C27H30N8OS/c36-26-23(19-20-7-3-1-4-8-20)37-27(29-26)34-17-15-33(16-18-34)24(21-11-13-28-14-12-21)25-30-31-32-35(25)22-9-5-2-6-10-22/h1,3-4,7-8,11-14,19,22,24H,2,5-6,9-10,15-18H2/b23-19-. The van der Waals surface area contributed by atoms with Gasteiger partial charge in [0.2, 0.25) is 0 Å². The van der Waals surface area contributed by atoms with Crippen molar-refractivity contribution in [2.24, 2.45) is 4.99 Å². The number of piperazine rings is 1. The molecule has 1 aromatic carbocycles. The zero-order valence-electron chi connectivity index (χ0n) is 20.7. The van der Waals surface area contributed by atoms with Crippen LogP contribution in [-0.2, 0) is 4.79 Å². The molecule has 1 aliphatic carbocycles. The van der Waals surface area contributed by atoms with Crippen LogP contribution in [0.25, 0.3) is 6.08 Å². The van der Waals surface area contributed by atoms with E-state index in [9.17, 15) is 4.79 Å². The number of hydrogen-bond acceptors (Lipinski definition) is 8. The van der Waals surface area contributed by atoms with Crippen LogP contribution in [0.15, 0.2) is 64.8 Å². The number of tetrazole rings is 1. The summed E-state index contributed by atoms with van der Waals surface area (Å²) in [5.74, 6) is 0.745. The Labute approximate surface area is 220 Å². The van der Waals surface area contributed by atoms with Crippen LogP contribution in [-0.4, -0.2) is 72.2 Å². The molecule has 4 heterocycles. The molecule has 1 saturated heterocycles. The molecule has 0 N–H and O–H groups in total. The molecule has 9 nitrogen and oxygen atoms in total. The fourth-order valence-corrected chi connectivity index (χ4v) is 6.41. The Hall–Kier alpha value is -3.37. The molecule has 3 aromatic rings. The van der Waals surface area contributed by atoms with E-state index < -0.39 is 0 Å². The number of carbonyl (C=O) groups excluding carboxylic acids is 1. The number of pyridine rings is 1. The summed E-state index contributed by atoms with van der Waals surface area (Å²) in [7, 11) is 0. The van der Waals surface area contributed by atoms with Crippen molar-refractivity contribution in [1.29, 1.82) is 0 Å². The van der Waals surface area contributed by atoms with Gasteiger partial charge in [-0.3, -0.25) is 14.7 Å². The summed E-state index contributed by atoms with van der Waals surface area (Å²) in [4.78, 5) is 26.5. The molecule has 37 heavy (non-hydrogen) atoms. The van der Waals surface area contributed by atoms with Crippen molar-refractivity contribution >= 4 is 28.9 Å². The van der Waals surface area contributed by atoms with Gasteiger partial charge in [-0.25, -0.2) is 4.68 Å². The van der Waals surface area contributed by atoms with Crippen molar-refractivity contribution in [1.82, 2.24) is 35.0 Å². The normalized spacial score (nSPS) is 21.4. The zero-order valence-corrected chi connectivity index (χ0v) is 21.5. The lowest BCUT2D eigenvalue weighted by molar-refractivity contribution is -0.113. The molecule has 190 valence electrons. The van der Waals surface area contributed by atoms with Crippen LogP contribution in [0.2, 0.25) is 0 Å². The summed E-state index contributed by atoms with van der Waals surface area (Å²) < 4.78 is 2.08. The minimum absolute atomic E-state index is 0.0459. The minimum Gasteiger partial charge on any atom is -0.348 e. The molecule has 0 spiro atoms. The summed E-state index contributed by atoms with van der Waals surface area (Å²) in [6, 6.07) is 14.4. The van der Waals surface area contributed by atoms with Crippen molar-refractivity contribution < 1.29 is 4.79 Å². The first-order chi connectivity index (χ1) is 18.3. The first-order valence-corrected chi connectivity index (χ1v) is 13.8. The summed E-state index contributed by atoms with van der Waals surface area (Å²) in [6.45, 7) is 3.20. The van der Waals surface area contributed by atoms with Gasteiger partial charge in [-0.05, 0) is 64.4 Å². The van der Waals surface area contributed by atoms with E-state index in [1.807, 2.05) is 48.8 Å². The van der Waals surface area contributed by atoms with Gasteiger partial charge in [-0.2, -0.15) is 4.99 Å². The van der Waals surface area contributed by atoms with Crippen LogP contribution in [0.4, 0.5) is 0 Å². The van der Waals surface area contributed by atoms with Crippen molar-refractivity contribution in [3.8, 4) is 0 Å². The molecule has 2 fully saturated rings. The molecule has 1 saturated carbocycles. The van der Waals surface area contributed by atoms with Crippen LogP contribution in [0.1, 0.15) is 61.1 Å². The van der Waals surface area contributed by atoms with Gasteiger partial charge in [0.25, 0.3) is 5.91 Å². The second-order valence-electron chi connectivity index (χ2n) is 9.70. The molecule has 6 rings (SSSR count). The van der Waals surface area contributed by atoms with Gasteiger partial charge in [0.15, 0.2) is 11.0 Å². The van der Waals surface area contributed by atoms with Gasteiger partial charge in [0.1, 0.15) is 0 Å². The van der Waals surface area contributed by atoms with E-state index >= 15 is 0 Å². The van der Waals surface area contributed by atoms with Crippen molar-refractivity contribution in [2.75, 3.05) is 26.2 Å². The maximum absolute atomic E-state index is 12.6. The third-order valence-corrected chi connectivity index (χ3v) is 8.41. The lowest BCUT2D eigenvalue weighted by Gasteiger charge is -2.39. The summed E-state index contributed by atoms with van der Waals surface area (Å²) in [6.07, 6.45) is 11.6. The van der Waals surface area contributed by atoms with E-state index in [4.69, 9.17) is 0 Å². The number of carbonyl (C=O) groups is 1. The molecule has 1 atom stereocenters. The Morgan fingerprint density at radius 2 is 1.70 bits per heavy atom. The van der Waals surface area contributed by atoms with Gasteiger partial charge in [0.05, 0.1) is 17.0 Å². The fraction of sp³-hybridized carbons (Fsp3) is 0.407. The highest BCUT2D eigenvalue weighted by Gasteiger charge is 2.34. The van der Waals surface area contributed by atoms with E-state index in [1.165, 1.54) is 31.0 Å². The molecule has 0 bridgehead atoms. The van der Waals surface area contributed by atoms with E-state index in [0.717, 1.165) is 61.1 Å². The molecule has 1 amide bonds. The lowest BCUT2D eigenvalue weighted by atomic mass is 9.95. The topological polar surface area (TPSA) is 92.4 Å². The highest BCUT2D eigenvalue weighted by atomic mass is 32.2. The number of thioether (sulfide) groups is 1. The molecule has 10 heteroatoms. The van der Waals surface area contributed by atoms with Crippen LogP contribution in [0.3, 0.4) is 0 Å². The van der Waals surface area contributed by atoms with E-state index in [0.29, 0.717) is 10.9 Å². The smallest absolute Gasteiger partial charge is 0.286 e. The molecular weight excluding hydrogens is 484 g/mol. The average Bonchev–Trinajstić information content (AvgIpc) is 3.58. The molecule has 2 aliphatic heterocycles. The lowest BCUT2D eigenvalue weighted by Crippen LogP contribution is -2.49. The predicted octanol–water partition coefficient (Wildman–Crippen LogP) is 3.95. The first kappa shape index (κ1) is 24.0. The highest BCUT2D eigenvalue weighted by molar-refractivity contribution is 8.18. The SMILES string of the molecule is O=C1N=C(N2CCN(C(c3ccncc3)c3nnnn3C3CCCCC3)CC2)S/C1=C\c1ccccc1. The maximum Gasteiger partial charge on any atom is 0.286 e. The Balaban J connectivity index is 1.19. The van der Waals surface area contributed by atoms with Crippen LogP contribution in [0, 0.1) is 0 Å². The van der Waals surface area contributed by atoms with Gasteiger partial charge in [-0.15, -0.1) is 5.10 Å². The van der Waals surface area contributed by atoms with Crippen molar-refractivity contribution in [3.63, 3.8) is 0 Å². The molecule has 1 unspecified atom stereocenters. The third-order valence-electron chi connectivity index (χ3n) is 7.36. The molecule has 2 aromatic heterocycles. The third kappa shape index (κ3) is 5.21. The minimum atomic E-state index is -0.160. The quantitative estimate of drug-likeness (QED) is 0.473. The number of aliphatic imine (C=N–C) groups is 1. The van der Waals surface area contributed by atoms with E-state index in [1.54, 1.807) is 0 Å². The maximum atomic E-state index is 12.6. The van der Waals surface area contributed by atoms with Crippen LogP contribution in [0.5, 0.6) is 0 Å². The Bertz CT molecular complexity index is 1280. The second-order valence-corrected chi connectivity index (χ2v) is 10.7. The van der Waals surface area contributed by atoms with Crippen molar-refractivity contribution in [2.45, 2.75) is 44.2 Å². The second kappa shape index (κ2) is 10.9. The number of hydrogen-bond donors (Lipinski definition) is 0. The van der Waals surface area contributed by atoms with Gasteiger partial charge < -0.3 is 4.90 Å². The largest absolute Gasteiger partial charge is 0.348 e. The number of amidine groups is 1. The number of amides is 1. The van der Waals surface area contributed by atoms with Crippen molar-refractivity contribution in [3.05, 3.63) is 76.7 Å². The average molecular weight is 515 g/mol. The predicted molar refractivity (Wildman–Crippen MR) is 144 cm³/mol. The fourth-order valence-electron chi connectivity index (χ4n) is 5.44. The Kier molecular flexibility index (Phi) is 7.09. The number of nitrogens with zero attached hydrogens (tertiary/aromatic N) is 8. The summed E-state index contributed by atoms with van der Waals surface area (Å²) >= 11 is 1.47. The van der Waals surface area contributed by atoms with E-state index in [2.05, 4.69) is 52.1 Å². The number of benzene rings is 1. The van der Waals surface area contributed by atoms with E-state index in [-0.39, 0.29) is 11.9 Å². The first-order valence-electron chi connectivity index (χ1n) is 13.0. The number of aromatic nitrogens is 5. The van der Waals surface area contributed by atoms with Gasteiger partial charge >= 0.3 is 0 Å². The van der Waals surface area contributed by atoms with Gasteiger partial charge in [0, 0.05) is 38.6 Å². The molecule has 0 radical (unpaired) electrons. The Morgan fingerprint density at radius 1 is 0.946 bits per heavy atom. The molecule has 3 aliphatic rings. The van der Waals surface area contributed by atoms with Crippen LogP contribution < -0.4 is 0 Å².